The molecule has 1 atom stereocenters. The number of fused-ring (bicyclic) bond motifs is 1. The Labute approximate surface area is 186 Å². The Balaban J connectivity index is 0.00000204. The van der Waals surface area contributed by atoms with Crippen molar-refractivity contribution in [3.63, 3.8) is 0 Å². The second kappa shape index (κ2) is 9.10. The molecule has 0 radical (unpaired) electrons. The van der Waals surface area contributed by atoms with E-state index in [1.807, 2.05) is 0 Å². The Bertz CT molecular complexity index is 1260. The molecule has 0 aliphatic heterocycles. The molecule has 0 amide bonds. The van der Waals surface area contributed by atoms with Gasteiger partial charge in [-0.2, -0.15) is 9.97 Å². The van der Waals surface area contributed by atoms with Crippen molar-refractivity contribution in [3.05, 3.63) is 59.9 Å². The van der Waals surface area contributed by atoms with E-state index in [0.717, 1.165) is 6.07 Å². The first-order valence-electron chi connectivity index (χ1n) is 9.77. The second-order valence-electron chi connectivity index (χ2n) is 6.94. The molecule has 0 bridgehead atoms. The molecule has 0 aliphatic rings. The Morgan fingerprint density at radius 1 is 1.22 bits per heavy atom. The first kappa shape index (κ1) is 21.4. The Morgan fingerprint density at radius 3 is 2.84 bits per heavy atom. The molecule has 3 aromatic heterocycles. The maximum absolute atomic E-state index is 14.2. The van der Waals surface area contributed by atoms with E-state index in [0.29, 0.717) is 29.3 Å². The van der Waals surface area contributed by atoms with Gasteiger partial charge in [0.25, 0.3) is 0 Å². The molecular weight excluding hydrogens is 420 g/mol. The molecule has 11 heteroatoms. The standard InChI is InChI=1S/C21H21F2N7O2.3H2/c1-12(14-5-4-13(22)10-15(14)23)26-17-11-16(27-21(28-17)32-9-8-31-2)18-19(24)29-30-7-3-6-25-20(18)30;;;/h3-7,10-12H,8-9H2,1-2H3,(H2,24,29)(H,26,27,28);3*1H/t12-;;;/m0.../s1. The molecule has 4 rings (SSSR count). The zero-order chi connectivity index (χ0) is 22.7. The summed E-state index contributed by atoms with van der Waals surface area (Å²) in [6, 6.07) is 6.34. The third kappa shape index (κ3) is 4.42. The SMILES string of the molecule is COCCOc1nc(N[C@@H](C)c2ccc(F)cc2F)cc(-c2c(N)nn3cccnc23)n1.[HH].[HH].[HH]. The molecule has 0 unspecified atom stereocenters. The van der Waals surface area contributed by atoms with Crippen molar-refractivity contribution in [2.75, 3.05) is 31.4 Å². The van der Waals surface area contributed by atoms with Crippen molar-refractivity contribution in [1.82, 2.24) is 24.6 Å². The van der Waals surface area contributed by atoms with Gasteiger partial charge in [-0.1, -0.05) is 6.07 Å². The first-order valence-corrected chi connectivity index (χ1v) is 9.77. The average molecular weight is 447 g/mol. The van der Waals surface area contributed by atoms with Crippen LogP contribution in [0.15, 0.2) is 42.7 Å². The second-order valence-corrected chi connectivity index (χ2v) is 6.94. The third-order valence-corrected chi connectivity index (χ3v) is 4.70. The highest BCUT2D eigenvalue weighted by Crippen LogP contribution is 2.31. The summed E-state index contributed by atoms with van der Waals surface area (Å²) in [5, 5.41) is 7.36. The molecule has 0 fully saturated rings. The van der Waals surface area contributed by atoms with Gasteiger partial charge in [0.15, 0.2) is 11.5 Å². The van der Waals surface area contributed by atoms with Crippen LogP contribution >= 0.6 is 0 Å². The Morgan fingerprint density at radius 2 is 2.06 bits per heavy atom. The molecule has 3 N–H and O–H groups in total. The maximum Gasteiger partial charge on any atom is 0.319 e. The minimum atomic E-state index is -0.660. The lowest BCUT2D eigenvalue weighted by Crippen LogP contribution is -2.12. The minimum absolute atomic E-state index is 0. The van der Waals surface area contributed by atoms with E-state index >= 15 is 0 Å². The van der Waals surface area contributed by atoms with Gasteiger partial charge in [0.2, 0.25) is 0 Å². The molecule has 0 saturated heterocycles. The van der Waals surface area contributed by atoms with Gasteiger partial charge in [-0.05, 0) is 19.1 Å². The molecule has 0 aliphatic carbocycles. The number of nitrogens with two attached hydrogens (primary N) is 1. The molecule has 0 saturated carbocycles. The number of benzene rings is 1. The van der Waals surface area contributed by atoms with Gasteiger partial charge in [0.1, 0.15) is 24.1 Å². The number of nitrogen functional groups attached to an aromatic ring is 1. The number of hydrogen-bond donors (Lipinski definition) is 2. The number of anilines is 2. The lowest BCUT2D eigenvalue weighted by molar-refractivity contribution is 0.141. The van der Waals surface area contributed by atoms with E-state index in [2.05, 4.69) is 25.4 Å². The van der Waals surface area contributed by atoms with Crippen molar-refractivity contribution >= 4 is 17.3 Å². The highest BCUT2D eigenvalue weighted by Gasteiger charge is 2.19. The van der Waals surface area contributed by atoms with Gasteiger partial charge in [-0.25, -0.2) is 18.3 Å². The van der Waals surface area contributed by atoms with E-state index in [-0.39, 0.29) is 28.3 Å². The summed E-state index contributed by atoms with van der Waals surface area (Å²) in [5.41, 5.74) is 7.86. The van der Waals surface area contributed by atoms with Crippen LogP contribution in [-0.2, 0) is 4.74 Å². The summed E-state index contributed by atoms with van der Waals surface area (Å²) in [6.07, 6.45) is 3.34. The largest absolute Gasteiger partial charge is 0.461 e. The van der Waals surface area contributed by atoms with Crippen molar-refractivity contribution in [1.29, 1.82) is 0 Å². The molecule has 32 heavy (non-hydrogen) atoms. The predicted molar refractivity (Wildman–Crippen MR) is 121 cm³/mol. The summed E-state index contributed by atoms with van der Waals surface area (Å²) in [6.45, 7) is 2.30. The van der Waals surface area contributed by atoms with Crippen LogP contribution in [0.1, 0.15) is 22.8 Å². The van der Waals surface area contributed by atoms with E-state index < -0.39 is 17.7 Å². The van der Waals surface area contributed by atoms with Gasteiger partial charge in [-0.3, -0.25) is 0 Å². The number of hydrogen-bond acceptors (Lipinski definition) is 8. The number of halogens is 2. The van der Waals surface area contributed by atoms with Gasteiger partial charge < -0.3 is 20.5 Å². The van der Waals surface area contributed by atoms with Crippen LogP contribution in [0, 0.1) is 11.6 Å². The summed E-state index contributed by atoms with van der Waals surface area (Å²) in [7, 11) is 1.55. The van der Waals surface area contributed by atoms with E-state index in [1.54, 1.807) is 43.1 Å². The van der Waals surface area contributed by atoms with Gasteiger partial charge >= 0.3 is 6.01 Å². The number of ether oxygens (including phenoxy) is 2. The molecule has 172 valence electrons. The van der Waals surface area contributed by atoms with Crippen LogP contribution in [0.4, 0.5) is 20.4 Å². The van der Waals surface area contributed by atoms with E-state index in [1.165, 1.54) is 12.1 Å². The monoisotopic (exact) mass is 447 g/mol. The predicted octanol–water partition coefficient (Wildman–Crippen LogP) is 3.98. The summed E-state index contributed by atoms with van der Waals surface area (Å²) in [5.74, 6) is -0.721. The lowest BCUT2D eigenvalue weighted by Gasteiger charge is -2.17. The lowest BCUT2D eigenvalue weighted by atomic mass is 10.1. The van der Waals surface area contributed by atoms with Crippen molar-refractivity contribution in [3.8, 4) is 17.3 Å². The summed E-state index contributed by atoms with van der Waals surface area (Å²) in [4.78, 5) is 13.1. The number of nitrogens with zero attached hydrogens (tertiary/aromatic N) is 5. The smallest absolute Gasteiger partial charge is 0.319 e. The normalized spacial score (nSPS) is 12.1. The van der Waals surface area contributed by atoms with Crippen molar-refractivity contribution < 1.29 is 22.5 Å². The summed E-state index contributed by atoms with van der Waals surface area (Å²) >= 11 is 0. The Hall–Kier alpha value is -3.86. The molecule has 3 heterocycles. The fourth-order valence-corrected chi connectivity index (χ4v) is 3.21. The molecule has 0 spiro atoms. The molecular formula is C21H27F2N7O2. The quantitative estimate of drug-likeness (QED) is 0.390. The highest BCUT2D eigenvalue weighted by atomic mass is 19.1. The zero-order valence-corrected chi connectivity index (χ0v) is 17.4. The minimum Gasteiger partial charge on any atom is -0.461 e. The van der Waals surface area contributed by atoms with Crippen LogP contribution in [0.25, 0.3) is 16.9 Å². The number of nitrogens with one attached hydrogen (secondary N) is 1. The summed E-state index contributed by atoms with van der Waals surface area (Å²) < 4.78 is 39.7. The first-order chi connectivity index (χ1) is 15.5. The van der Waals surface area contributed by atoms with Crippen LogP contribution in [0.2, 0.25) is 0 Å². The highest BCUT2D eigenvalue weighted by molar-refractivity contribution is 5.85. The van der Waals surface area contributed by atoms with Crippen LogP contribution in [0.3, 0.4) is 0 Å². The van der Waals surface area contributed by atoms with Crippen molar-refractivity contribution in [2.45, 2.75) is 13.0 Å². The molecule has 1 aromatic carbocycles. The fourth-order valence-electron chi connectivity index (χ4n) is 3.21. The Kier molecular flexibility index (Phi) is 6.08. The number of methoxy groups -OCH3 is 1. The fraction of sp³-hybridized carbons (Fsp3) is 0.238. The van der Waals surface area contributed by atoms with E-state index in [4.69, 9.17) is 15.2 Å². The van der Waals surface area contributed by atoms with E-state index in [9.17, 15) is 8.78 Å². The van der Waals surface area contributed by atoms with Crippen LogP contribution < -0.4 is 15.8 Å². The number of rotatable bonds is 8. The van der Waals surface area contributed by atoms with Gasteiger partial charge in [0, 0.05) is 41.5 Å². The van der Waals surface area contributed by atoms with Crippen molar-refractivity contribution in [2.24, 2.45) is 0 Å². The topological polar surface area (TPSA) is 112 Å². The zero-order valence-electron chi connectivity index (χ0n) is 17.4. The molecule has 4 aromatic rings. The maximum atomic E-state index is 14.2. The number of aromatic nitrogens is 5. The molecule has 9 nitrogen and oxygen atoms in total. The van der Waals surface area contributed by atoms with Gasteiger partial charge in [0.05, 0.1) is 23.9 Å². The van der Waals surface area contributed by atoms with Crippen LogP contribution in [0.5, 0.6) is 6.01 Å². The van der Waals surface area contributed by atoms with Gasteiger partial charge in [-0.15, -0.1) is 5.10 Å². The van der Waals surface area contributed by atoms with Crippen LogP contribution in [-0.4, -0.2) is 44.9 Å². The third-order valence-electron chi connectivity index (χ3n) is 4.70. The average Bonchev–Trinajstić information content (AvgIpc) is 3.09.